The summed E-state index contributed by atoms with van der Waals surface area (Å²) in [5.41, 5.74) is 2.93. The molecule has 1 aliphatic heterocycles. The lowest BCUT2D eigenvalue weighted by Crippen LogP contribution is -2.12. The van der Waals surface area contributed by atoms with E-state index in [-0.39, 0.29) is 0 Å². The topological polar surface area (TPSA) is 12.0 Å². The van der Waals surface area contributed by atoms with Crippen LogP contribution >= 0.6 is 15.9 Å². The first-order valence-corrected chi connectivity index (χ1v) is 5.14. The lowest BCUT2D eigenvalue weighted by Gasteiger charge is -2.06. The minimum atomic E-state index is 1.01. The van der Waals surface area contributed by atoms with Crippen LogP contribution in [0.4, 0.5) is 0 Å². The van der Waals surface area contributed by atoms with Crippen LogP contribution in [0.2, 0.25) is 0 Å². The van der Waals surface area contributed by atoms with Gasteiger partial charge < -0.3 is 5.32 Å². The second kappa shape index (κ2) is 3.58. The Morgan fingerprint density at radius 1 is 1.33 bits per heavy atom. The largest absolute Gasteiger partial charge is 0.313 e. The van der Waals surface area contributed by atoms with Crippen molar-refractivity contribution in [2.24, 2.45) is 0 Å². The van der Waals surface area contributed by atoms with Crippen molar-refractivity contribution >= 4 is 15.9 Å². The standard InChI is InChI=1S/C10H12BrN/c11-10-5-1-3-8-4-2-6-12-7-9(8)10/h1,3,5,12H,2,4,6-7H2. The van der Waals surface area contributed by atoms with Crippen LogP contribution in [0.3, 0.4) is 0 Å². The van der Waals surface area contributed by atoms with E-state index in [1.54, 1.807) is 0 Å². The maximum atomic E-state index is 3.58. The molecule has 1 aliphatic rings. The van der Waals surface area contributed by atoms with Crippen LogP contribution in [0, 0.1) is 0 Å². The molecule has 2 rings (SSSR count). The van der Waals surface area contributed by atoms with Gasteiger partial charge in [0.05, 0.1) is 0 Å². The minimum absolute atomic E-state index is 1.01. The quantitative estimate of drug-likeness (QED) is 0.716. The fourth-order valence-corrected chi connectivity index (χ4v) is 2.20. The molecule has 1 heterocycles. The van der Waals surface area contributed by atoms with Crippen LogP contribution < -0.4 is 5.32 Å². The summed E-state index contributed by atoms with van der Waals surface area (Å²) in [6, 6.07) is 6.47. The zero-order valence-corrected chi connectivity index (χ0v) is 8.52. The molecule has 1 aromatic rings. The van der Waals surface area contributed by atoms with E-state index >= 15 is 0 Å². The zero-order chi connectivity index (χ0) is 8.39. The normalized spacial score (nSPS) is 16.8. The first-order valence-electron chi connectivity index (χ1n) is 4.35. The van der Waals surface area contributed by atoms with Crippen molar-refractivity contribution in [1.82, 2.24) is 5.32 Å². The second-order valence-corrected chi connectivity index (χ2v) is 4.01. The summed E-state index contributed by atoms with van der Waals surface area (Å²) in [6.45, 7) is 2.15. The van der Waals surface area contributed by atoms with Gasteiger partial charge in [0.2, 0.25) is 0 Å². The molecule has 0 fully saturated rings. The summed E-state index contributed by atoms with van der Waals surface area (Å²) < 4.78 is 1.24. The highest BCUT2D eigenvalue weighted by Crippen LogP contribution is 2.22. The van der Waals surface area contributed by atoms with Crippen molar-refractivity contribution in [3.05, 3.63) is 33.8 Å². The number of hydrogen-bond donors (Lipinski definition) is 1. The Morgan fingerprint density at radius 2 is 2.25 bits per heavy atom. The van der Waals surface area contributed by atoms with E-state index in [0.29, 0.717) is 0 Å². The molecule has 1 aromatic carbocycles. The van der Waals surface area contributed by atoms with Gasteiger partial charge in [-0.25, -0.2) is 0 Å². The number of hydrogen-bond acceptors (Lipinski definition) is 1. The van der Waals surface area contributed by atoms with E-state index in [2.05, 4.69) is 39.4 Å². The Labute approximate surface area is 81.3 Å². The fourth-order valence-electron chi connectivity index (χ4n) is 1.65. The summed E-state index contributed by atoms with van der Waals surface area (Å²) in [4.78, 5) is 0. The van der Waals surface area contributed by atoms with Crippen LogP contribution in [0.25, 0.3) is 0 Å². The lowest BCUT2D eigenvalue weighted by molar-refractivity contribution is 0.680. The first kappa shape index (κ1) is 8.27. The Kier molecular flexibility index (Phi) is 2.47. The Morgan fingerprint density at radius 3 is 3.17 bits per heavy atom. The average Bonchev–Trinajstić information content (AvgIpc) is 2.30. The minimum Gasteiger partial charge on any atom is -0.313 e. The second-order valence-electron chi connectivity index (χ2n) is 3.16. The fraction of sp³-hybridized carbons (Fsp3) is 0.400. The molecule has 0 atom stereocenters. The van der Waals surface area contributed by atoms with Gasteiger partial charge >= 0.3 is 0 Å². The van der Waals surface area contributed by atoms with Crippen LogP contribution in [-0.2, 0) is 13.0 Å². The summed E-state index contributed by atoms with van der Waals surface area (Å²) in [7, 11) is 0. The van der Waals surface area contributed by atoms with Crippen LogP contribution in [0.15, 0.2) is 22.7 Å². The molecule has 0 saturated carbocycles. The number of aryl methyl sites for hydroxylation is 1. The number of benzene rings is 1. The number of halogens is 1. The van der Waals surface area contributed by atoms with Gasteiger partial charge in [0.15, 0.2) is 0 Å². The van der Waals surface area contributed by atoms with Gasteiger partial charge in [0.1, 0.15) is 0 Å². The molecular formula is C10H12BrN. The van der Waals surface area contributed by atoms with Gasteiger partial charge in [-0.2, -0.15) is 0 Å². The Balaban J connectivity index is 2.42. The summed E-state index contributed by atoms with van der Waals surface area (Å²) in [6.07, 6.45) is 2.46. The van der Waals surface area contributed by atoms with E-state index in [0.717, 1.165) is 13.1 Å². The molecule has 0 spiro atoms. The summed E-state index contributed by atoms with van der Waals surface area (Å²) in [5.74, 6) is 0. The molecule has 0 radical (unpaired) electrons. The van der Waals surface area contributed by atoms with Gasteiger partial charge in [-0.15, -0.1) is 0 Å². The predicted molar refractivity (Wildman–Crippen MR) is 54.2 cm³/mol. The predicted octanol–water partition coefficient (Wildman–Crippen LogP) is 2.48. The third-order valence-electron chi connectivity index (χ3n) is 2.32. The summed E-state index contributed by atoms with van der Waals surface area (Å²) >= 11 is 3.58. The maximum absolute atomic E-state index is 3.58. The number of rotatable bonds is 0. The molecule has 1 nitrogen and oxygen atoms in total. The van der Waals surface area contributed by atoms with Crippen molar-refractivity contribution in [2.45, 2.75) is 19.4 Å². The molecule has 0 bridgehead atoms. The van der Waals surface area contributed by atoms with Gasteiger partial charge in [0, 0.05) is 11.0 Å². The molecule has 2 heteroatoms. The van der Waals surface area contributed by atoms with E-state index in [1.165, 1.54) is 28.4 Å². The van der Waals surface area contributed by atoms with E-state index in [1.807, 2.05) is 0 Å². The van der Waals surface area contributed by atoms with Crippen LogP contribution in [0.1, 0.15) is 17.5 Å². The molecule has 0 aromatic heterocycles. The molecule has 0 amide bonds. The van der Waals surface area contributed by atoms with Gasteiger partial charge in [-0.1, -0.05) is 28.1 Å². The van der Waals surface area contributed by atoms with E-state index in [9.17, 15) is 0 Å². The monoisotopic (exact) mass is 225 g/mol. The van der Waals surface area contributed by atoms with Gasteiger partial charge in [-0.05, 0) is 36.6 Å². The molecule has 12 heavy (non-hydrogen) atoms. The van der Waals surface area contributed by atoms with Crippen molar-refractivity contribution in [1.29, 1.82) is 0 Å². The van der Waals surface area contributed by atoms with Crippen LogP contribution in [0.5, 0.6) is 0 Å². The van der Waals surface area contributed by atoms with Crippen LogP contribution in [-0.4, -0.2) is 6.54 Å². The molecule has 0 unspecified atom stereocenters. The van der Waals surface area contributed by atoms with E-state index < -0.39 is 0 Å². The molecular weight excluding hydrogens is 214 g/mol. The Hall–Kier alpha value is -0.340. The lowest BCUT2D eigenvalue weighted by atomic mass is 10.0. The SMILES string of the molecule is Brc1cccc2c1CNCCC2. The van der Waals surface area contributed by atoms with Gasteiger partial charge in [-0.3, -0.25) is 0 Å². The third kappa shape index (κ3) is 1.54. The van der Waals surface area contributed by atoms with Crippen molar-refractivity contribution in [3.63, 3.8) is 0 Å². The first-order chi connectivity index (χ1) is 5.88. The third-order valence-corrected chi connectivity index (χ3v) is 3.06. The smallest absolute Gasteiger partial charge is 0.0223 e. The molecule has 0 aliphatic carbocycles. The number of nitrogens with one attached hydrogen (secondary N) is 1. The molecule has 1 N–H and O–H groups in total. The molecule has 0 saturated heterocycles. The molecule has 64 valence electrons. The van der Waals surface area contributed by atoms with Crippen molar-refractivity contribution < 1.29 is 0 Å². The highest BCUT2D eigenvalue weighted by Gasteiger charge is 2.08. The zero-order valence-electron chi connectivity index (χ0n) is 6.94. The van der Waals surface area contributed by atoms with Gasteiger partial charge in [0.25, 0.3) is 0 Å². The highest BCUT2D eigenvalue weighted by atomic mass is 79.9. The highest BCUT2D eigenvalue weighted by molar-refractivity contribution is 9.10. The Bertz CT molecular complexity index is 283. The van der Waals surface area contributed by atoms with Crippen molar-refractivity contribution in [2.75, 3.05) is 6.54 Å². The summed E-state index contributed by atoms with van der Waals surface area (Å²) in [5, 5.41) is 3.41. The maximum Gasteiger partial charge on any atom is 0.0223 e. The number of fused-ring (bicyclic) bond motifs is 1. The van der Waals surface area contributed by atoms with Crippen molar-refractivity contribution in [3.8, 4) is 0 Å². The average molecular weight is 226 g/mol. The van der Waals surface area contributed by atoms with E-state index in [4.69, 9.17) is 0 Å².